The predicted octanol–water partition coefficient (Wildman–Crippen LogP) is 1.99. The molecule has 0 unspecified atom stereocenters. The van der Waals surface area contributed by atoms with E-state index in [4.69, 9.17) is 0 Å². The molecule has 0 saturated carbocycles. The van der Waals surface area contributed by atoms with E-state index in [-0.39, 0.29) is 5.54 Å². The molecule has 2 aromatic heterocycles. The van der Waals surface area contributed by atoms with Crippen LogP contribution < -0.4 is 21.9 Å². The standard InChI is InChI=1S/C18H19N5O3/c1-18(2,3)22-16(25)21-14-9-8-11(10-19-14)23-15(24)12-6-4-5-7-13(12)20-17(23)26/h4-10H,1-3H3,(H,20,26)(H2,19,21,22,25). The Hall–Kier alpha value is -3.42. The second-order valence-electron chi connectivity index (χ2n) is 6.85. The van der Waals surface area contributed by atoms with Crippen LogP contribution in [-0.4, -0.2) is 26.1 Å². The summed E-state index contributed by atoms with van der Waals surface area (Å²) >= 11 is 0. The van der Waals surface area contributed by atoms with Crippen molar-refractivity contribution >= 4 is 22.8 Å². The van der Waals surface area contributed by atoms with Gasteiger partial charge in [0.2, 0.25) is 0 Å². The zero-order valence-corrected chi connectivity index (χ0v) is 14.7. The lowest BCUT2D eigenvalue weighted by atomic mass is 10.1. The highest BCUT2D eigenvalue weighted by atomic mass is 16.2. The summed E-state index contributed by atoms with van der Waals surface area (Å²) in [5.41, 5.74) is -0.581. The molecule has 0 aliphatic heterocycles. The Labute approximate surface area is 148 Å². The number of para-hydroxylation sites is 1. The number of carbonyl (C=O) groups is 1. The molecule has 3 rings (SSSR count). The van der Waals surface area contributed by atoms with Crippen LogP contribution in [0.25, 0.3) is 16.6 Å². The van der Waals surface area contributed by atoms with Crippen LogP contribution in [0.1, 0.15) is 20.8 Å². The molecular weight excluding hydrogens is 334 g/mol. The van der Waals surface area contributed by atoms with Gasteiger partial charge in [-0.15, -0.1) is 0 Å². The second-order valence-corrected chi connectivity index (χ2v) is 6.85. The van der Waals surface area contributed by atoms with E-state index in [0.29, 0.717) is 22.4 Å². The molecule has 0 saturated heterocycles. The number of nitrogens with zero attached hydrogens (tertiary/aromatic N) is 2. The fourth-order valence-electron chi connectivity index (χ4n) is 2.48. The fraction of sp³-hybridized carbons (Fsp3) is 0.222. The number of benzene rings is 1. The number of H-pyrrole nitrogens is 1. The molecule has 0 aliphatic carbocycles. The number of rotatable bonds is 2. The Morgan fingerprint density at radius 1 is 1.12 bits per heavy atom. The maximum absolute atomic E-state index is 12.6. The first-order valence-corrected chi connectivity index (χ1v) is 8.04. The molecule has 1 aromatic carbocycles. The summed E-state index contributed by atoms with van der Waals surface area (Å²) in [7, 11) is 0. The quantitative estimate of drug-likeness (QED) is 0.654. The first-order valence-electron chi connectivity index (χ1n) is 8.04. The molecule has 2 amide bonds. The van der Waals surface area contributed by atoms with Gasteiger partial charge >= 0.3 is 11.7 Å². The molecule has 0 aliphatic rings. The van der Waals surface area contributed by atoms with E-state index in [1.165, 1.54) is 12.3 Å². The third-order valence-corrected chi connectivity index (χ3v) is 3.54. The van der Waals surface area contributed by atoms with Crippen molar-refractivity contribution in [1.82, 2.24) is 19.9 Å². The number of pyridine rings is 1. The minimum Gasteiger partial charge on any atom is -0.333 e. The topological polar surface area (TPSA) is 109 Å². The number of urea groups is 1. The van der Waals surface area contributed by atoms with Crippen molar-refractivity contribution in [2.45, 2.75) is 26.3 Å². The van der Waals surface area contributed by atoms with E-state index in [9.17, 15) is 14.4 Å². The van der Waals surface area contributed by atoms with E-state index < -0.39 is 17.3 Å². The molecule has 0 atom stereocenters. The summed E-state index contributed by atoms with van der Waals surface area (Å²) in [6.45, 7) is 5.59. The van der Waals surface area contributed by atoms with E-state index in [2.05, 4.69) is 20.6 Å². The number of nitrogens with one attached hydrogen (secondary N) is 3. The molecule has 134 valence electrons. The number of carbonyl (C=O) groups excluding carboxylic acids is 1. The molecule has 26 heavy (non-hydrogen) atoms. The average Bonchev–Trinajstić information content (AvgIpc) is 2.54. The van der Waals surface area contributed by atoms with Gasteiger partial charge in [-0.05, 0) is 45.0 Å². The van der Waals surface area contributed by atoms with E-state index in [1.54, 1.807) is 30.3 Å². The Balaban J connectivity index is 1.92. The molecule has 0 radical (unpaired) electrons. The minimum atomic E-state index is -0.554. The first kappa shape index (κ1) is 17.4. The van der Waals surface area contributed by atoms with E-state index >= 15 is 0 Å². The highest BCUT2D eigenvalue weighted by molar-refractivity contribution is 5.88. The molecule has 3 aromatic rings. The van der Waals surface area contributed by atoms with Crippen LogP contribution in [0.5, 0.6) is 0 Å². The van der Waals surface area contributed by atoms with Crippen LogP contribution in [0.4, 0.5) is 10.6 Å². The Kier molecular flexibility index (Phi) is 4.33. The summed E-state index contributed by atoms with van der Waals surface area (Å²) < 4.78 is 1.01. The number of aromatic amines is 1. The number of amides is 2. The van der Waals surface area contributed by atoms with Crippen LogP contribution in [0, 0.1) is 0 Å². The third kappa shape index (κ3) is 3.64. The van der Waals surface area contributed by atoms with Gasteiger partial charge in [0, 0.05) is 5.54 Å². The smallest absolute Gasteiger partial charge is 0.333 e. The van der Waals surface area contributed by atoms with Gasteiger partial charge in [-0.25, -0.2) is 19.1 Å². The normalized spacial score (nSPS) is 11.3. The van der Waals surface area contributed by atoms with Gasteiger partial charge in [-0.1, -0.05) is 12.1 Å². The predicted molar refractivity (Wildman–Crippen MR) is 99.9 cm³/mol. The van der Waals surface area contributed by atoms with Gasteiger partial charge in [0.1, 0.15) is 5.82 Å². The summed E-state index contributed by atoms with van der Waals surface area (Å²) in [5, 5.41) is 5.76. The van der Waals surface area contributed by atoms with Crippen molar-refractivity contribution < 1.29 is 4.79 Å². The fourth-order valence-corrected chi connectivity index (χ4v) is 2.48. The molecule has 8 heteroatoms. The van der Waals surface area contributed by atoms with Gasteiger partial charge in [0.05, 0.1) is 22.8 Å². The van der Waals surface area contributed by atoms with Crippen LogP contribution in [0.2, 0.25) is 0 Å². The molecule has 2 heterocycles. The monoisotopic (exact) mass is 353 g/mol. The van der Waals surface area contributed by atoms with Gasteiger partial charge < -0.3 is 10.3 Å². The van der Waals surface area contributed by atoms with Gasteiger partial charge in [-0.3, -0.25) is 10.1 Å². The van der Waals surface area contributed by atoms with Gasteiger partial charge in [-0.2, -0.15) is 0 Å². The number of fused-ring (bicyclic) bond motifs is 1. The first-order chi connectivity index (χ1) is 12.2. The van der Waals surface area contributed by atoms with Gasteiger partial charge in [0.15, 0.2) is 0 Å². The molecule has 0 fully saturated rings. The maximum atomic E-state index is 12.6. The lowest BCUT2D eigenvalue weighted by molar-refractivity contribution is 0.243. The van der Waals surface area contributed by atoms with Crippen LogP contribution in [-0.2, 0) is 0 Å². The summed E-state index contributed by atoms with van der Waals surface area (Å²) in [4.78, 5) is 43.5. The summed E-state index contributed by atoms with van der Waals surface area (Å²) in [5.74, 6) is 0.306. The highest BCUT2D eigenvalue weighted by Gasteiger charge is 2.14. The Bertz CT molecular complexity index is 1070. The van der Waals surface area contributed by atoms with Crippen molar-refractivity contribution in [1.29, 1.82) is 0 Å². The number of hydrogen-bond donors (Lipinski definition) is 3. The maximum Gasteiger partial charge on any atom is 0.333 e. The number of anilines is 1. The largest absolute Gasteiger partial charge is 0.333 e. The van der Waals surface area contributed by atoms with Crippen LogP contribution in [0.15, 0.2) is 52.2 Å². The summed E-state index contributed by atoms with van der Waals surface area (Å²) in [6.07, 6.45) is 1.36. The van der Waals surface area contributed by atoms with Crippen LogP contribution in [0.3, 0.4) is 0 Å². The SMILES string of the molecule is CC(C)(C)NC(=O)Nc1ccc(-n2c(=O)[nH]c3ccccc3c2=O)cn1. The summed E-state index contributed by atoms with van der Waals surface area (Å²) in [6, 6.07) is 9.46. The molecule has 8 nitrogen and oxygen atoms in total. The van der Waals surface area contributed by atoms with E-state index in [0.717, 1.165) is 4.57 Å². The van der Waals surface area contributed by atoms with Crippen molar-refractivity contribution in [3.05, 3.63) is 63.4 Å². The highest BCUT2D eigenvalue weighted by Crippen LogP contribution is 2.09. The molecule has 0 bridgehead atoms. The van der Waals surface area contributed by atoms with Crippen LogP contribution >= 0.6 is 0 Å². The zero-order valence-electron chi connectivity index (χ0n) is 14.7. The van der Waals surface area contributed by atoms with Crippen molar-refractivity contribution in [3.63, 3.8) is 0 Å². The van der Waals surface area contributed by atoms with Crippen molar-refractivity contribution in [3.8, 4) is 5.69 Å². The number of aromatic nitrogens is 3. The molecular formula is C18H19N5O3. The Morgan fingerprint density at radius 3 is 2.50 bits per heavy atom. The molecule has 0 spiro atoms. The minimum absolute atomic E-state index is 0.306. The lowest BCUT2D eigenvalue weighted by Gasteiger charge is -2.20. The second kappa shape index (κ2) is 6.47. The van der Waals surface area contributed by atoms with Gasteiger partial charge in [0.25, 0.3) is 5.56 Å². The van der Waals surface area contributed by atoms with Crippen molar-refractivity contribution in [2.24, 2.45) is 0 Å². The van der Waals surface area contributed by atoms with E-state index in [1.807, 2.05) is 20.8 Å². The van der Waals surface area contributed by atoms with Crippen molar-refractivity contribution in [2.75, 3.05) is 5.32 Å². The third-order valence-electron chi connectivity index (χ3n) is 3.54. The Morgan fingerprint density at radius 2 is 1.85 bits per heavy atom. The lowest BCUT2D eigenvalue weighted by Crippen LogP contribution is -2.43. The molecule has 3 N–H and O–H groups in total. The average molecular weight is 353 g/mol. The zero-order chi connectivity index (χ0) is 18.9. The number of hydrogen-bond acceptors (Lipinski definition) is 4.